The third-order valence-corrected chi connectivity index (χ3v) is 3.54. The fourth-order valence-corrected chi connectivity index (χ4v) is 2.29. The van der Waals surface area contributed by atoms with Crippen LogP contribution < -0.4 is 10.6 Å². The summed E-state index contributed by atoms with van der Waals surface area (Å²) in [7, 11) is 0. The number of benzene rings is 2. The average molecular weight is 289 g/mol. The van der Waals surface area contributed by atoms with Crippen molar-refractivity contribution in [3.63, 3.8) is 0 Å². The van der Waals surface area contributed by atoms with E-state index in [0.717, 1.165) is 11.3 Å². The Bertz CT molecular complexity index is 640. The lowest BCUT2D eigenvalue weighted by Crippen LogP contribution is -2.31. The molecule has 0 aliphatic carbocycles. The molecular formula is C16H17ClN2O. The second-order valence-corrected chi connectivity index (χ2v) is 4.98. The Morgan fingerprint density at radius 1 is 1.25 bits per heavy atom. The molecule has 0 atom stereocenters. The minimum Gasteiger partial charge on any atom is -0.398 e. The van der Waals surface area contributed by atoms with E-state index < -0.39 is 0 Å². The van der Waals surface area contributed by atoms with Crippen molar-refractivity contribution >= 4 is 28.9 Å². The third kappa shape index (κ3) is 2.78. The van der Waals surface area contributed by atoms with Gasteiger partial charge in [-0.2, -0.15) is 0 Å². The summed E-state index contributed by atoms with van der Waals surface area (Å²) in [6.07, 6.45) is 0. The fraction of sp³-hybridized carbons (Fsp3) is 0.188. The molecule has 0 fully saturated rings. The summed E-state index contributed by atoms with van der Waals surface area (Å²) >= 11 is 5.99. The number of nitrogens with two attached hydrogens (primary N) is 1. The van der Waals surface area contributed by atoms with Crippen molar-refractivity contribution in [2.75, 3.05) is 17.2 Å². The Balaban J connectivity index is 2.39. The number of rotatable bonds is 3. The van der Waals surface area contributed by atoms with Crippen LogP contribution in [0, 0.1) is 6.92 Å². The highest BCUT2D eigenvalue weighted by Crippen LogP contribution is 2.24. The zero-order valence-corrected chi connectivity index (χ0v) is 12.3. The first-order valence-electron chi connectivity index (χ1n) is 6.47. The van der Waals surface area contributed by atoms with Gasteiger partial charge in [0.2, 0.25) is 0 Å². The normalized spacial score (nSPS) is 10.3. The van der Waals surface area contributed by atoms with Crippen LogP contribution in [0.5, 0.6) is 0 Å². The molecule has 0 aliphatic heterocycles. The quantitative estimate of drug-likeness (QED) is 0.871. The van der Waals surface area contributed by atoms with Crippen LogP contribution in [0.3, 0.4) is 0 Å². The van der Waals surface area contributed by atoms with Crippen LogP contribution in [0.15, 0.2) is 42.5 Å². The minimum atomic E-state index is -0.0799. The Morgan fingerprint density at radius 3 is 2.55 bits per heavy atom. The lowest BCUT2D eigenvalue weighted by molar-refractivity contribution is 0.0988. The van der Waals surface area contributed by atoms with Crippen molar-refractivity contribution in [3.8, 4) is 0 Å². The number of aryl methyl sites for hydroxylation is 1. The summed E-state index contributed by atoms with van der Waals surface area (Å²) in [6, 6.07) is 12.8. The lowest BCUT2D eigenvalue weighted by Gasteiger charge is -2.23. The second-order valence-electron chi connectivity index (χ2n) is 4.57. The van der Waals surface area contributed by atoms with Gasteiger partial charge in [0, 0.05) is 17.8 Å². The number of carbonyl (C=O) groups is 1. The monoisotopic (exact) mass is 288 g/mol. The molecule has 0 aliphatic rings. The van der Waals surface area contributed by atoms with Crippen LogP contribution in [-0.2, 0) is 0 Å². The van der Waals surface area contributed by atoms with Gasteiger partial charge in [-0.05, 0) is 43.7 Å². The smallest absolute Gasteiger partial charge is 0.258 e. The third-order valence-electron chi connectivity index (χ3n) is 3.22. The van der Waals surface area contributed by atoms with Crippen LogP contribution in [0.1, 0.15) is 22.8 Å². The zero-order chi connectivity index (χ0) is 14.7. The molecular weight excluding hydrogens is 272 g/mol. The van der Waals surface area contributed by atoms with Gasteiger partial charge in [0.1, 0.15) is 0 Å². The number of carbonyl (C=O) groups excluding carboxylic acids is 1. The molecule has 0 saturated heterocycles. The molecule has 0 bridgehead atoms. The average Bonchev–Trinajstić information content (AvgIpc) is 2.44. The first kappa shape index (κ1) is 14.4. The second kappa shape index (κ2) is 5.97. The van der Waals surface area contributed by atoms with Crippen LogP contribution in [0.2, 0.25) is 5.02 Å². The van der Waals surface area contributed by atoms with E-state index >= 15 is 0 Å². The number of halogens is 1. The molecule has 0 aromatic heterocycles. The maximum atomic E-state index is 12.6. The molecule has 0 saturated carbocycles. The Morgan fingerprint density at radius 2 is 1.95 bits per heavy atom. The predicted octanol–water partition coefficient (Wildman–Crippen LogP) is 3.90. The molecule has 4 heteroatoms. The zero-order valence-electron chi connectivity index (χ0n) is 11.6. The highest BCUT2D eigenvalue weighted by atomic mass is 35.5. The van der Waals surface area contributed by atoms with Gasteiger partial charge in [0.05, 0.1) is 10.7 Å². The number of nitrogens with zero attached hydrogens (tertiary/aromatic N) is 1. The fourth-order valence-electron chi connectivity index (χ4n) is 2.11. The maximum absolute atomic E-state index is 12.6. The van der Waals surface area contributed by atoms with E-state index in [2.05, 4.69) is 0 Å². The number of amides is 1. The topological polar surface area (TPSA) is 46.3 Å². The molecule has 2 aromatic carbocycles. The van der Waals surface area contributed by atoms with E-state index in [-0.39, 0.29) is 5.91 Å². The summed E-state index contributed by atoms with van der Waals surface area (Å²) in [6.45, 7) is 4.52. The van der Waals surface area contributed by atoms with Gasteiger partial charge in [0.25, 0.3) is 5.91 Å². The van der Waals surface area contributed by atoms with Crippen LogP contribution in [0.25, 0.3) is 0 Å². The maximum Gasteiger partial charge on any atom is 0.258 e. The van der Waals surface area contributed by atoms with E-state index in [1.165, 1.54) is 0 Å². The van der Waals surface area contributed by atoms with E-state index in [1.54, 1.807) is 23.1 Å². The largest absolute Gasteiger partial charge is 0.398 e. The van der Waals surface area contributed by atoms with E-state index in [9.17, 15) is 4.79 Å². The predicted molar refractivity (Wildman–Crippen MR) is 84.4 cm³/mol. The van der Waals surface area contributed by atoms with Crippen LogP contribution in [0.4, 0.5) is 11.4 Å². The lowest BCUT2D eigenvalue weighted by atomic mass is 10.1. The molecule has 104 valence electrons. The highest BCUT2D eigenvalue weighted by Gasteiger charge is 2.18. The minimum absolute atomic E-state index is 0.0799. The van der Waals surface area contributed by atoms with Gasteiger partial charge in [-0.3, -0.25) is 4.79 Å². The molecule has 0 heterocycles. The molecule has 2 aromatic rings. The molecule has 1 amide bonds. The molecule has 2 N–H and O–H groups in total. The number of para-hydroxylation sites is 1. The first-order valence-corrected chi connectivity index (χ1v) is 6.85. The SMILES string of the molecule is CCN(C(=O)c1ccc(N)c(Cl)c1)c1ccccc1C. The molecule has 0 radical (unpaired) electrons. The standard InChI is InChI=1S/C16H17ClN2O/c1-3-19(15-7-5-4-6-11(15)2)16(20)12-8-9-14(18)13(17)10-12/h4-10H,3,18H2,1-2H3. The molecule has 2 rings (SSSR count). The van der Waals surface area contributed by atoms with Gasteiger partial charge in [0.15, 0.2) is 0 Å². The number of hydrogen-bond acceptors (Lipinski definition) is 2. The number of hydrogen-bond donors (Lipinski definition) is 1. The van der Waals surface area contributed by atoms with Crippen LogP contribution >= 0.6 is 11.6 Å². The summed E-state index contributed by atoms with van der Waals surface area (Å²) in [5.74, 6) is -0.0799. The van der Waals surface area contributed by atoms with E-state index in [4.69, 9.17) is 17.3 Å². The summed E-state index contributed by atoms with van der Waals surface area (Å²) in [5.41, 5.74) is 8.66. The highest BCUT2D eigenvalue weighted by molar-refractivity contribution is 6.33. The van der Waals surface area contributed by atoms with Gasteiger partial charge >= 0.3 is 0 Å². The van der Waals surface area contributed by atoms with Gasteiger partial charge in [-0.1, -0.05) is 29.8 Å². The molecule has 0 spiro atoms. The van der Waals surface area contributed by atoms with Crippen LogP contribution in [-0.4, -0.2) is 12.5 Å². The molecule has 3 nitrogen and oxygen atoms in total. The van der Waals surface area contributed by atoms with Crippen molar-refractivity contribution in [2.24, 2.45) is 0 Å². The van der Waals surface area contributed by atoms with Crippen molar-refractivity contribution in [1.29, 1.82) is 0 Å². The first-order chi connectivity index (χ1) is 9.54. The van der Waals surface area contributed by atoms with Crippen molar-refractivity contribution in [2.45, 2.75) is 13.8 Å². The summed E-state index contributed by atoms with van der Waals surface area (Å²) < 4.78 is 0. The Hall–Kier alpha value is -2.00. The van der Waals surface area contributed by atoms with E-state index in [1.807, 2.05) is 38.1 Å². The summed E-state index contributed by atoms with van der Waals surface area (Å²) in [5, 5.41) is 0.400. The molecule has 0 unspecified atom stereocenters. The van der Waals surface area contributed by atoms with Crippen molar-refractivity contribution < 1.29 is 4.79 Å². The Labute approximate surface area is 124 Å². The van der Waals surface area contributed by atoms with Crippen molar-refractivity contribution in [3.05, 3.63) is 58.6 Å². The van der Waals surface area contributed by atoms with Crippen molar-refractivity contribution in [1.82, 2.24) is 0 Å². The number of anilines is 2. The van der Waals surface area contributed by atoms with Gasteiger partial charge < -0.3 is 10.6 Å². The van der Waals surface area contributed by atoms with Gasteiger partial charge in [-0.15, -0.1) is 0 Å². The molecule has 20 heavy (non-hydrogen) atoms. The van der Waals surface area contributed by atoms with E-state index in [0.29, 0.717) is 22.8 Å². The van der Waals surface area contributed by atoms with Gasteiger partial charge in [-0.25, -0.2) is 0 Å². The number of nitrogen functional groups attached to an aromatic ring is 1. The Kier molecular flexibility index (Phi) is 4.30. The summed E-state index contributed by atoms with van der Waals surface area (Å²) in [4.78, 5) is 14.4.